The highest BCUT2D eigenvalue weighted by molar-refractivity contribution is 6.30. The van der Waals surface area contributed by atoms with Crippen LogP contribution < -0.4 is 4.74 Å². The second kappa shape index (κ2) is 5.33. The van der Waals surface area contributed by atoms with Crippen LogP contribution in [0.4, 0.5) is 0 Å². The number of benzene rings is 2. The quantitative estimate of drug-likeness (QED) is 0.702. The molecule has 1 aliphatic rings. The fourth-order valence-electron chi connectivity index (χ4n) is 2.89. The van der Waals surface area contributed by atoms with Gasteiger partial charge in [-0.2, -0.15) is 0 Å². The Morgan fingerprint density at radius 1 is 1.23 bits per heavy atom. The molecule has 4 rings (SSSR count). The lowest BCUT2D eigenvalue weighted by Gasteiger charge is -2.09. The molecule has 0 spiro atoms. The molecular formula is C18H17ClN2O. The average Bonchev–Trinajstić information content (AvgIpc) is 3.31. The Morgan fingerprint density at radius 3 is 2.82 bits per heavy atom. The molecule has 0 aliphatic heterocycles. The maximum Gasteiger partial charge on any atom is 0.121 e. The third kappa shape index (κ3) is 2.46. The maximum absolute atomic E-state index is 6.12. The zero-order valence-corrected chi connectivity index (χ0v) is 13.2. The largest absolute Gasteiger partial charge is 0.497 e. The first-order chi connectivity index (χ1) is 10.7. The second-order valence-corrected chi connectivity index (χ2v) is 6.25. The number of halogens is 1. The SMILES string of the molecule is COc1ccc2c(c1)nc(C1CC1)n2Cc1cccc(Cl)c1. The van der Waals surface area contributed by atoms with Crippen molar-refractivity contribution in [1.82, 2.24) is 9.55 Å². The molecule has 3 nitrogen and oxygen atoms in total. The van der Waals surface area contributed by atoms with Crippen LogP contribution in [0.3, 0.4) is 0 Å². The molecule has 112 valence electrons. The lowest BCUT2D eigenvalue weighted by atomic mass is 10.2. The zero-order chi connectivity index (χ0) is 15.1. The second-order valence-electron chi connectivity index (χ2n) is 5.81. The Morgan fingerprint density at radius 2 is 2.09 bits per heavy atom. The third-order valence-electron chi connectivity index (χ3n) is 4.16. The Hall–Kier alpha value is -2.00. The fraction of sp³-hybridized carbons (Fsp3) is 0.278. The summed E-state index contributed by atoms with van der Waals surface area (Å²) in [5, 5.41) is 0.775. The van der Waals surface area contributed by atoms with E-state index in [-0.39, 0.29) is 0 Å². The smallest absolute Gasteiger partial charge is 0.121 e. The first-order valence-corrected chi connectivity index (χ1v) is 7.91. The Bertz CT molecular complexity index is 836. The van der Waals surface area contributed by atoms with Gasteiger partial charge in [-0.15, -0.1) is 0 Å². The average molecular weight is 313 g/mol. The van der Waals surface area contributed by atoms with Gasteiger partial charge >= 0.3 is 0 Å². The molecule has 0 radical (unpaired) electrons. The molecule has 1 saturated carbocycles. The summed E-state index contributed by atoms with van der Waals surface area (Å²) < 4.78 is 7.63. The first kappa shape index (κ1) is 13.6. The van der Waals surface area contributed by atoms with Gasteiger partial charge in [0.1, 0.15) is 11.6 Å². The standard InChI is InChI=1S/C18H17ClN2O/c1-22-15-7-8-17-16(10-15)20-18(13-5-6-13)21(17)11-12-3-2-4-14(19)9-12/h2-4,7-10,13H,5-6,11H2,1H3. The predicted octanol–water partition coefficient (Wildman–Crippen LogP) is 4.62. The first-order valence-electron chi connectivity index (χ1n) is 7.53. The van der Waals surface area contributed by atoms with Crippen LogP contribution in [-0.2, 0) is 6.54 Å². The van der Waals surface area contributed by atoms with Gasteiger partial charge in [-0.25, -0.2) is 4.98 Å². The topological polar surface area (TPSA) is 27.1 Å². The van der Waals surface area contributed by atoms with E-state index in [0.29, 0.717) is 5.92 Å². The van der Waals surface area contributed by atoms with E-state index in [2.05, 4.69) is 16.7 Å². The van der Waals surface area contributed by atoms with Gasteiger partial charge in [-0.3, -0.25) is 0 Å². The van der Waals surface area contributed by atoms with Gasteiger partial charge in [0.2, 0.25) is 0 Å². The lowest BCUT2D eigenvalue weighted by molar-refractivity contribution is 0.415. The summed E-state index contributed by atoms with van der Waals surface area (Å²) >= 11 is 6.12. The Balaban J connectivity index is 1.82. The predicted molar refractivity (Wildman–Crippen MR) is 88.8 cm³/mol. The van der Waals surface area contributed by atoms with Gasteiger partial charge < -0.3 is 9.30 Å². The van der Waals surface area contributed by atoms with Gasteiger partial charge in [0.25, 0.3) is 0 Å². The maximum atomic E-state index is 6.12. The van der Waals surface area contributed by atoms with E-state index in [1.54, 1.807) is 7.11 Å². The van der Waals surface area contributed by atoms with Crippen molar-refractivity contribution < 1.29 is 4.74 Å². The Kier molecular flexibility index (Phi) is 3.30. The van der Waals surface area contributed by atoms with E-state index < -0.39 is 0 Å². The summed E-state index contributed by atoms with van der Waals surface area (Å²) in [6, 6.07) is 14.1. The van der Waals surface area contributed by atoms with Crippen LogP contribution in [0, 0.1) is 0 Å². The van der Waals surface area contributed by atoms with Crippen molar-refractivity contribution in [2.45, 2.75) is 25.3 Å². The highest BCUT2D eigenvalue weighted by Crippen LogP contribution is 2.41. The van der Waals surface area contributed by atoms with Crippen molar-refractivity contribution in [3.63, 3.8) is 0 Å². The molecule has 0 bridgehead atoms. The molecular weight excluding hydrogens is 296 g/mol. The number of fused-ring (bicyclic) bond motifs is 1. The number of ether oxygens (including phenoxy) is 1. The minimum Gasteiger partial charge on any atom is -0.497 e. The molecule has 1 aliphatic carbocycles. The summed E-state index contributed by atoms with van der Waals surface area (Å²) in [5.74, 6) is 2.63. The van der Waals surface area contributed by atoms with Gasteiger partial charge in [-0.05, 0) is 42.7 Å². The van der Waals surface area contributed by atoms with Crippen LogP contribution in [0.5, 0.6) is 5.75 Å². The van der Waals surface area contributed by atoms with Gasteiger partial charge in [0, 0.05) is 23.6 Å². The molecule has 1 aromatic heterocycles. The van der Waals surface area contributed by atoms with Crippen LogP contribution in [0.25, 0.3) is 11.0 Å². The van der Waals surface area contributed by atoms with Crippen molar-refractivity contribution in [2.75, 3.05) is 7.11 Å². The highest BCUT2D eigenvalue weighted by Gasteiger charge is 2.29. The van der Waals surface area contributed by atoms with Crippen LogP contribution in [0.15, 0.2) is 42.5 Å². The van der Waals surface area contributed by atoms with E-state index in [1.165, 1.54) is 24.2 Å². The summed E-state index contributed by atoms with van der Waals surface area (Å²) in [4.78, 5) is 4.85. The van der Waals surface area contributed by atoms with Gasteiger partial charge in [0.15, 0.2) is 0 Å². The zero-order valence-electron chi connectivity index (χ0n) is 12.4. The van der Waals surface area contributed by atoms with Crippen LogP contribution >= 0.6 is 11.6 Å². The van der Waals surface area contributed by atoms with E-state index >= 15 is 0 Å². The molecule has 0 saturated heterocycles. The number of hydrogen-bond acceptors (Lipinski definition) is 2. The molecule has 4 heteroatoms. The molecule has 0 unspecified atom stereocenters. The number of nitrogens with zero attached hydrogens (tertiary/aromatic N) is 2. The van der Waals surface area contributed by atoms with Crippen LogP contribution in [0.2, 0.25) is 5.02 Å². The van der Waals surface area contributed by atoms with E-state index in [9.17, 15) is 0 Å². The molecule has 0 atom stereocenters. The molecule has 22 heavy (non-hydrogen) atoms. The number of rotatable bonds is 4. The summed E-state index contributed by atoms with van der Waals surface area (Å²) in [6.45, 7) is 0.801. The number of hydrogen-bond donors (Lipinski definition) is 0. The van der Waals surface area contributed by atoms with Gasteiger partial charge in [0.05, 0.1) is 18.1 Å². The van der Waals surface area contributed by atoms with Crippen molar-refractivity contribution in [1.29, 1.82) is 0 Å². The minimum atomic E-state index is 0.595. The molecule has 2 aromatic carbocycles. The van der Waals surface area contributed by atoms with Crippen molar-refractivity contribution in [3.05, 3.63) is 58.9 Å². The normalized spacial score (nSPS) is 14.5. The molecule has 0 amide bonds. The van der Waals surface area contributed by atoms with Crippen LogP contribution in [-0.4, -0.2) is 16.7 Å². The minimum absolute atomic E-state index is 0.595. The monoisotopic (exact) mass is 312 g/mol. The van der Waals surface area contributed by atoms with E-state index in [1.807, 2.05) is 30.3 Å². The number of aromatic nitrogens is 2. The molecule has 1 heterocycles. The van der Waals surface area contributed by atoms with E-state index in [0.717, 1.165) is 28.4 Å². The van der Waals surface area contributed by atoms with Crippen molar-refractivity contribution in [3.8, 4) is 5.75 Å². The summed E-state index contributed by atoms with van der Waals surface area (Å²) in [6.07, 6.45) is 2.46. The van der Waals surface area contributed by atoms with Crippen molar-refractivity contribution in [2.24, 2.45) is 0 Å². The number of imidazole rings is 1. The number of methoxy groups -OCH3 is 1. The fourth-order valence-corrected chi connectivity index (χ4v) is 3.11. The molecule has 0 N–H and O–H groups in total. The molecule has 3 aromatic rings. The van der Waals surface area contributed by atoms with E-state index in [4.69, 9.17) is 21.3 Å². The van der Waals surface area contributed by atoms with Crippen LogP contribution in [0.1, 0.15) is 30.1 Å². The lowest BCUT2D eigenvalue weighted by Crippen LogP contribution is -2.04. The van der Waals surface area contributed by atoms with Crippen molar-refractivity contribution >= 4 is 22.6 Å². The summed E-state index contributed by atoms with van der Waals surface area (Å²) in [5.41, 5.74) is 3.36. The molecule has 1 fully saturated rings. The Labute approximate surface area is 134 Å². The highest BCUT2D eigenvalue weighted by atomic mass is 35.5. The third-order valence-corrected chi connectivity index (χ3v) is 4.39. The summed E-state index contributed by atoms with van der Waals surface area (Å²) in [7, 11) is 1.69. The van der Waals surface area contributed by atoms with Gasteiger partial charge in [-0.1, -0.05) is 23.7 Å².